The first-order chi connectivity index (χ1) is 8.79. The lowest BCUT2D eigenvalue weighted by Gasteiger charge is -2.22. The molecule has 0 saturated carbocycles. The molecule has 0 aliphatic rings. The standard InChI is InChI=1S/C13H16FNO4/c1-13(2,12(17)18-3)7-19-9-6-4-5-8(14)10(9)11(15)16/h4-6H,7H2,1-3H3,(H2,15,16). The highest BCUT2D eigenvalue weighted by atomic mass is 19.1. The number of methoxy groups -OCH3 is 1. The average Bonchev–Trinajstić information content (AvgIpc) is 2.34. The monoisotopic (exact) mass is 269 g/mol. The maximum atomic E-state index is 13.5. The highest BCUT2D eigenvalue weighted by Crippen LogP contribution is 2.24. The van der Waals surface area contributed by atoms with Crippen LogP contribution in [0.1, 0.15) is 24.2 Å². The second-order valence-corrected chi connectivity index (χ2v) is 4.64. The lowest BCUT2D eigenvalue weighted by atomic mass is 9.95. The number of carbonyl (C=O) groups is 2. The van der Waals surface area contributed by atoms with Crippen LogP contribution in [0.25, 0.3) is 0 Å². The molecule has 0 saturated heterocycles. The predicted molar refractivity (Wildman–Crippen MR) is 66.2 cm³/mol. The van der Waals surface area contributed by atoms with Crippen LogP contribution in [0.5, 0.6) is 5.75 Å². The number of carbonyl (C=O) groups excluding carboxylic acids is 2. The van der Waals surface area contributed by atoms with Crippen LogP contribution in [0.3, 0.4) is 0 Å². The zero-order valence-corrected chi connectivity index (χ0v) is 11.0. The van der Waals surface area contributed by atoms with E-state index in [4.69, 9.17) is 10.5 Å². The lowest BCUT2D eigenvalue weighted by molar-refractivity contribution is -0.152. The summed E-state index contributed by atoms with van der Waals surface area (Å²) in [5.74, 6) is -2.15. The second-order valence-electron chi connectivity index (χ2n) is 4.64. The molecule has 0 fully saturated rings. The van der Waals surface area contributed by atoms with E-state index in [2.05, 4.69) is 4.74 Å². The molecule has 0 radical (unpaired) electrons. The first-order valence-corrected chi connectivity index (χ1v) is 5.59. The summed E-state index contributed by atoms with van der Waals surface area (Å²) in [5.41, 5.74) is 3.84. The number of benzene rings is 1. The number of hydrogen-bond donors (Lipinski definition) is 1. The molecule has 1 amide bonds. The number of esters is 1. The highest BCUT2D eigenvalue weighted by molar-refractivity contribution is 5.95. The molecule has 0 atom stereocenters. The van der Waals surface area contributed by atoms with Crippen molar-refractivity contribution in [2.75, 3.05) is 13.7 Å². The van der Waals surface area contributed by atoms with E-state index < -0.39 is 23.1 Å². The van der Waals surface area contributed by atoms with Crippen molar-refractivity contribution >= 4 is 11.9 Å². The van der Waals surface area contributed by atoms with Crippen molar-refractivity contribution in [1.29, 1.82) is 0 Å². The minimum Gasteiger partial charge on any atom is -0.491 e. The quantitative estimate of drug-likeness (QED) is 0.822. The fourth-order valence-corrected chi connectivity index (χ4v) is 1.46. The van der Waals surface area contributed by atoms with Gasteiger partial charge in [0.15, 0.2) is 0 Å². The normalized spacial score (nSPS) is 10.9. The summed E-state index contributed by atoms with van der Waals surface area (Å²) in [7, 11) is 1.26. The third-order valence-electron chi connectivity index (χ3n) is 2.55. The first-order valence-electron chi connectivity index (χ1n) is 5.59. The molecular formula is C13H16FNO4. The van der Waals surface area contributed by atoms with Gasteiger partial charge in [0.1, 0.15) is 23.7 Å². The van der Waals surface area contributed by atoms with E-state index in [1.165, 1.54) is 19.2 Å². The Morgan fingerprint density at radius 3 is 2.53 bits per heavy atom. The van der Waals surface area contributed by atoms with E-state index in [1.54, 1.807) is 13.8 Å². The van der Waals surface area contributed by atoms with E-state index in [-0.39, 0.29) is 17.9 Å². The molecule has 0 aromatic heterocycles. The Balaban J connectivity index is 2.93. The fraction of sp³-hybridized carbons (Fsp3) is 0.385. The van der Waals surface area contributed by atoms with Gasteiger partial charge in [-0.05, 0) is 26.0 Å². The lowest BCUT2D eigenvalue weighted by Crippen LogP contribution is -2.32. The molecule has 6 heteroatoms. The summed E-state index contributed by atoms with van der Waals surface area (Å²) in [6.07, 6.45) is 0. The Kier molecular flexibility index (Phi) is 4.47. The molecule has 2 N–H and O–H groups in total. The van der Waals surface area contributed by atoms with E-state index in [0.29, 0.717) is 0 Å². The maximum Gasteiger partial charge on any atom is 0.314 e. The molecular weight excluding hydrogens is 253 g/mol. The molecule has 1 rings (SSSR count). The topological polar surface area (TPSA) is 78.6 Å². The molecule has 0 spiro atoms. The van der Waals surface area contributed by atoms with Crippen LogP contribution in [0.4, 0.5) is 4.39 Å². The van der Waals surface area contributed by atoms with Gasteiger partial charge >= 0.3 is 5.97 Å². The van der Waals surface area contributed by atoms with Crippen LogP contribution in [0, 0.1) is 11.2 Å². The van der Waals surface area contributed by atoms with Crippen molar-refractivity contribution in [2.24, 2.45) is 11.1 Å². The largest absolute Gasteiger partial charge is 0.491 e. The average molecular weight is 269 g/mol. The zero-order valence-electron chi connectivity index (χ0n) is 11.0. The van der Waals surface area contributed by atoms with Crippen LogP contribution in [-0.4, -0.2) is 25.6 Å². The number of nitrogens with two attached hydrogens (primary N) is 1. The van der Waals surface area contributed by atoms with Gasteiger partial charge in [0, 0.05) is 0 Å². The third-order valence-corrected chi connectivity index (χ3v) is 2.55. The summed E-state index contributed by atoms with van der Waals surface area (Å²) in [6.45, 7) is 3.16. The Hall–Kier alpha value is -2.11. The minimum absolute atomic E-state index is 0.00415. The van der Waals surface area contributed by atoms with Gasteiger partial charge in [0.2, 0.25) is 0 Å². The number of amides is 1. The fourth-order valence-electron chi connectivity index (χ4n) is 1.46. The maximum absolute atomic E-state index is 13.5. The van der Waals surface area contributed by atoms with Gasteiger partial charge < -0.3 is 15.2 Å². The van der Waals surface area contributed by atoms with E-state index in [1.807, 2.05) is 0 Å². The van der Waals surface area contributed by atoms with E-state index in [9.17, 15) is 14.0 Å². The SMILES string of the molecule is COC(=O)C(C)(C)COc1cccc(F)c1C(N)=O. The van der Waals surface area contributed by atoms with Crippen molar-refractivity contribution in [2.45, 2.75) is 13.8 Å². The van der Waals surface area contributed by atoms with E-state index in [0.717, 1.165) is 6.07 Å². The van der Waals surface area contributed by atoms with Gasteiger partial charge in [-0.1, -0.05) is 6.07 Å². The summed E-state index contributed by atoms with van der Waals surface area (Å²) in [5, 5.41) is 0. The second kappa shape index (κ2) is 5.69. The number of rotatable bonds is 5. The van der Waals surface area contributed by atoms with Gasteiger partial charge in [-0.2, -0.15) is 0 Å². The molecule has 1 aromatic rings. The van der Waals surface area contributed by atoms with Crippen molar-refractivity contribution in [3.05, 3.63) is 29.6 Å². The van der Waals surface area contributed by atoms with Crippen LogP contribution in [0.2, 0.25) is 0 Å². The number of primary amides is 1. The van der Waals surface area contributed by atoms with Crippen molar-refractivity contribution in [3.63, 3.8) is 0 Å². The van der Waals surface area contributed by atoms with Crippen LogP contribution < -0.4 is 10.5 Å². The summed E-state index contributed by atoms with van der Waals surface area (Å²) in [6, 6.07) is 3.91. The third kappa shape index (κ3) is 3.43. The van der Waals surface area contributed by atoms with Crippen molar-refractivity contribution in [3.8, 4) is 5.75 Å². The van der Waals surface area contributed by atoms with Crippen LogP contribution in [-0.2, 0) is 9.53 Å². The van der Waals surface area contributed by atoms with Gasteiger partial charge in [-0.3, -0.25) is 9.59 Å². The molecule has 0 aliphatic carbocycles. The Bertz CT molecular complexity index is 499. The summed E-state index contributed by atoms with van der Waals surface area (Å²) < 4.78 is 23.4. The molecule has 0 heterocycles. The molecule has 0 aliphatic heterocycles. The van der Waals surface area contributed by atoms with Gasteiger partial charge in [-0.15, -0.1) is 0 Å². The first kappa shape index (κ1) is 14.9. The molecule has 5 nitrogen and oxygen atoms in total. The molecule has 19 heavy (non-hydrogen) atoms. The Labute approximate surface area is 110 Å². The number of hydrogen-bond acceptors (Lipinski definition) is 4. The summed E-state index contributed by atoms with van der Waals surface area (Å²) >= 11 is 0. The highest BCUT2D eigenvalue weighted by Gasteiger charge is 2.30. The number of ether oxygens (including phenoxy) is 2. The van der Waals surface area contributed by atoms with Crippen molar-refractivity contribution in [1.82, 2.24) is 0 Å². The smallest absolute Gasteiger partial charge is 0.314 e. The predicted octanol–water partition coefficient (Wildman–Crippen LogP) is 1.50. The van der Waals surface area contributed by atoms with Crippen LogP contribution >= 0.6 is 0 Å². The van der Waals surface area contributed by atoms with Gasteiger partial charge in [0.05, 0.1) is 12.5 Å². The van der Waals surface area contributed by atoms with Gasteiger partial charge in [-0.25, -0.2) is 4.39 Å². The molecule has 0 bridgehead atoms. The molecule has 104 valence electrons. The van der Waals surface area contributed by atoms with Crippen molar-refractivity contribution < 1.29 is 23.5 Å². The molecule has 1 aromatic carbocycles. The van der Waals surface area contributed by atoms with Crippen LogP contribution in [0.15, 0.2) is 18.2 Å². The zero-order chi connectivity index (χ0) is 14.6. The van der Waals surface area contributed by atoms with E-state index >= 15 is 0 Å². The number of halogens is 1. The van der Waals surface area contributed by atoms with Gasteiger partial charge in [0.25, 0.3) is 5.91 Å². The molecule has 0 unspecified atom stereocenters. The Morgan fingerprint density at radius 1 is 1.37 bits per heavy atom. The Morgan fingerprint density at radius 2 is 2.00 bits per heavy atom. The minimum atomic E-state index is -0.927. The summed E-state index contributed by atoms with van der Waals surface area (Å²) in [4.78, 5) is 22.6.